The number of benzene rings is 1. The lowest BCUT2D eigenvalue weighted by Crippen LogP contribution is -2.48. The molecule has 1 aliphatic rings. The van der Waals surface area contributed by atoms with Gasteiger partial charge in [-0.25, -0.2) is 0 Å². The molecule has 18 heavy (non-hydrogen) atoms. The van der Waals surface area contributed by atoms with E-state index < -0.39 is 0 Å². The average molecular weight is 313 g/mol. The highest BCUT2D eigenvalue weighted by molar-refractivity contribution is 9.10. The molecule has 1 unspecified atom stereocenters. The van der Waals surface area contributed by atoms with Gasteiger partial charge in [-0.05, 0) is 11.6 Å². The van der Waals surface area contributed by atoms with Gasteiger partial charge in [-0.2, -0.15) is 0 Å². The van der Waals surface area contributed by atoms with E-state index in [1.54, 1.807) is 11.9 Å². The van der Waals surface area contributed by atoms with Crippen molar-refractivity contribution >= 4 is 21.8 Å². The molecule has 1 aliphatic heterocycles. The maximum Gasteiger partial charge on any atom is 0.253 e. The lowest BCUT2D eigenvalue weighted by atomic mass is 10.2. The Bertz CT molecular complexity index is 419. The second-order valence-electron chi connectivity index (χ2n) is 4.35. The maximum absolute atomic E-state index is 12.2. The Hall–Kier alpha value is -0.910. The van der Waals surface area contributed by atoms with E-state index in [0.717, 1.165) is 16.6 Å². The second-order valence-corrected chi connectivity index (χ2v) is 5.20. The van der Waals surface area contributed by atoms with E-state index in [4.69, 9.17) is 4.74 Å². The summed E-state index contributed by atoms with van der Waals surface area (Å²) >= 11 is 3.49. The van der Waals surface area contributed by atoms with E-state index in [9.17, 15) is 4.79 Å². The molecule has 4 nitrogen and oxygen atoms in total. The first kappa shape index (κ1) is 13.5. The predicted octanol–water partition coefficient (Wildman–Crippen LogP) is 1.40. The second kappa shape index (κ2) is 6.31. The lowest BCUT2D eigenvalue weighted by molar-refractivity contribution is -0.144. The van der Waals surface area contributed by atoms with Crippen LogP contribution in [0.1, 0.15) is 5.56 Å². The minimum absolute atomic E-state index is 0.0259. The summed E-state index contributed by atoms with van der Waals surface area (Å²) in [5, 5.41) is 3.16. The summed E-state index contributed by atoms with van der Waals surface area (Å²) < 4.78 is 6.48. The topological polar surface area (TPSA) is 41.6 Å². The van der Waals surface area contributed by atoms with Crippen molar-refractivity contribution in [1.82, 2.24) is 10.2 Å². The predicted molar refractivity (Wildman–Crippen MR) is 73.2 cm³/mol. The maximum atomic E-state index is 12.2. The summed E-state index contributed by atoms with van der Waals surface area (Å²) in [7, 11) is 1.81. The molecule has 1 N–H and O–H groups in total. The van der Waals surface area contributed by atoms with Gasteiger partial charge < -0.3 is 15.0 Å². The van der Waals surface area contributed by atoms with Crippen molar-refractivity contribution in [1.29, 1.82) is 0 Å². The Kier molecular flexibility index (Phi) is 4.74. The van der Waals surface area contributed by atoms with Gasteiger partial charge in [0.15, 0.2) is 0 Å². The van der Waals surface area contributed by atoms with Crippen molar-refractivity contribution in [2.24, 2.45) is 0 Å². The standard InChI is InChI=1S/C13H17BrN2O2/c1-16(9-10-4-2-3-5-11(10)14)13(17)12-8-15-6-7-18-12/h2-5,12,15H,6-9H2,1H3. The van der Waals surface area contributed by atoms with E-state index in [-0.39, 0.29) is 12.0 Å². The molecule has 1 saturated heterocycles. The van der Waals surface area contributed by atoms with Gasteiger partial charge in [0.1, 0.15) is 6.10 Å². The highest BCUT2D eigenvalue weighted by atomic mass is 79.9. The Balaban J connectivity index is 1.96. The quantitative estimate of drug-likeness (QED) is 0.917. The molecule has 0 bridgehead atoms. The number of nitrogens with zero attached hydrogens (tertiary/aromatic N) is 1. The molecule has 1 aromatic carbocycles. The SMILES string of the molecule is CN(Cc1ccccc1Br)C(=O)C1CNCCO1. The third-order valence-electron chi connectivity index (χ3n) is 2.94. The fourth-order valence-corrected chi connectivity index (χ4v) is 2.34. The number of amides is 1. The molecule has 1 aromatic rings. The van der Waals surface area contributed by atoms with Gasteiger partial charge in [0, 0.05) is 31.2 Å². The monoisotopic (exact) mass is 312 g/mol. The molecule has 0 saturated carbocycles. The molecule has 5 heteroatoms. The fourth-order valence-electron chi connectivity index (χ4n) is 1.93. The minimum Gasteiger partial charge on any atom is -0.366 e. The molecule has 0 radical (unpaired) electrons. The molecule has 2 rings (SSSR count). The number of carbonyl (C=O) groups excluding carboxylic acids is 1. The van der Waals surface area contributed by atoms with Gasteiger partial charge in [0.25, 0.3) is 5.91 Å². The van der Waals surface area contributed by atoms with Crippen molar-refractivity contribution in [3.05, 3.63) is 34.3 Å². The number of halogens is 1. The van der Waals surface area contributed by atoms with Crippen LogP contribution in [0, 0.1) is 0 Å². The van der Waals surface area contributed by atoms with E-state index in [0.29, 0.717) is 19.7 Å². The number of nitrogens with one attached hydrogen (secondary N) is 1. The Morgan fingerprint density at radius 2 is 2.33 bits per heavy atom. The van der Waals surface area contributed by atoms with Crippen molar-refractivity contribution in [2.75, 3.05) is 26.7 Å². The summed E-state index contributed by atoms with van der Waals surface area (Å²) in [5.74, 6) is 0.0259. The number of rotatable bonds is 3. The van der Waals surface area contributed by atoms with Crippen LogP contribution in [0.25, 0.3) is 0 Å². The molecule has 1 atom stereocenters. The normalized spacial score (nSPS) is 19.6. The first-order chi connectivity index (χ1) is 8.68. The van der Waals surface area contributed by atoms with Crippen LogP contribution in [0.5, 0.6) is 0 Å². The Labute approximate surface area is 115 Å². The van der Waals surface area contributed by atoms with Crippen LogP contribution in [-0.4, -0.2) is 43.7 Å². The van der Waals surface area contributed by atoms with E-state index in [1.807, 2.05) is 24.3 Å². The molecule has 0 aromatic heterocycles. The molecule has 1 amide bonds. The number of carbonyl (C=O) groups is 1. The minimum atomic E-state index is -0.355. The summed E-state index contributed by atoms with van der Waals surface area (Å²) in [6.07, 6.45) is -0.355. The number of likely N-dealkylation sites (N-methyl/N-ethyl adjacent to an activating group) is 1. The van der Waals surface area contributed by atoms with Crippen molar-refractivity contribution in [3.8, 4) is 0 Å². The van der Waals surface area contributed by atoms with Gasteiger partial charge in [-0.15, -0.1) is 0 Å². The lowest BCUT2D eigenvalue weighted by Gasteiger charge is -2.27. The summed E-state index contributed by atoms with van der Waals surface area (Å²) in [6.45, 7) is 2.59. The number of morpholine rings is 1. The molecular formula is C13H17BrN2O2. The average Bonchev–Trinajstić information content (AvgIpc) is 2.41. The van der Waals surface area contributed by atoms with Crippen molar-refractivity contribution in [2.45, 2.75) is 12.6 Å². The van der Waals surface area contributed by atoms with Crippen LogP contribution in [-0.2, 0) is 16.1 Å². The molecule has 0 spiro atoms. The van der Waals surface area contributed by atoms with E-state index in [2.05, 4.69) is 21.2 Å². The number of hydrogen-bond donors (Lipinski definition) is 1. The third kappa shape index (κ3) is 3.31. The zero-order valence-electron chi connectivity index (χ0n) is 10.4. The van der Waals surface area contributed by atoms with Crippen LogP contribution in [0.2, 0.25) is 0 Å². The number of ether oxygens (including phenoxy) is 1. The first-order valence-electron chi connectivity index (χ1n) is 5.99. The summed E-state index contributed by atoms with van der Waals surface area (Å²) in [5.41, 5.74) is 1.09. The smallest absolute Gasteiger partial charge is 0.253 e. The van der Waals surface area contributed by atoms with Crippen molar-refractivity contribution < 1.29 is 9.53 Å². The van der Waals surface area contributed by atoms with E-state index >= 15 is 0 Å². The van der Waals surface area contributed by atoms with Gasteiger partial charge in [0.2, 0.25) is 0 Å². The van der Waals surface area contributed by atoms with Crippen LogP contribution in [0.4, 0.5) is 0 Å². The van der Waals surface area contributed by atoms with Crippen LogP contribution < -0.4 is 5.32 Å². The zero-order chi connectivity index (χ0) is 13.0. The third-order valence-corrected chi connectivity index (χ3v) is 3.72. The first-order valence-corrected chi connectivity index (χ1v) is 6.78. The van der Waals surface area contributed by atoms with Crippen LogP contribution >= 0.6 is 15.9 Å². The largest absolute Gasteiger partial charge is 0.366 e. The molecule has 0 aliphatic carbocycles. The molecule has 1 fully saturated rings. The Morgan fingerprint density at radius 1 is 1.56 bits per heavy atom. The van der Waals surface area contributed by atoms with E-state index in [1.165, 1.54) is 0 Å². The molecule has 98 valence electrons. The van der Waals surface area contributed by atoms with Crippen molar-refractivity contribution in [3.63, 3.8) is 0 Å². The fraction of sp³-hybridized carbons (Fsp3) is 0.462. The summed E-state index contributed by atoms with van der Waals surface area (Å²) in [4.78, 5) is 13.9. The highest BCUT2D eigenvalue weighted by Gasteiger charge is 2.24. The van der Waals surface area contributed by atoms with Crippen LogP contribution in [0.15, 0.2) is 28.7 Å². The van der Waals surface area contributed by atoms with Gasteiger partial charge in [0.05, 0.1) is 6.61 Å². The summed E-state index contributed by atoms with van der Waals surface area (Å²) in [6, 6.07) is 7.92. The van der Waals surface area contributed by atoms with Gasteiger partial charge in [-0.3, -0.25) is 4.79 Å². The van der Waals surface area contributed by atoms with Gasteiger partial charge >= 0.3 is 0 Å². The highest BCUT2D eigenvalue weighted by Crippen LogP contribution is 2.17. The van der Waals surface area contributed by atoms with Gasteiger partial charge in [-0.1, -0.05) is 34.1 Å². The van der Waals surface area contributed by atoms with Crippen LogP contribution in [0.3, 0.4) is 0 Å². The number of hydrogen-bond acceptors (Lipinski definition) is 3. The molecule has 1 heterocycles. The zero-order valence-corrected chi connectivity index (χ0v) is 11.9. The Morgan fingerprint density at radius 3 is 3.00 bits per heavy atom. The molecular weight excluding hydrogens is 296 g/mol.